The zero-order valence-corrected chi connectivity index (χ0v) is 15.2. The summed E-state index contributed by atoms with van der Waals surface area (Å²) in [5, 5.41) is 13.9. The second-order valence-corrected chi connectivity index (χ2v) is 6.59. The van der Waals surface area contributed by atoms with Gasteiger partial charge in [0.05, 0.1) is 17.8 Å². The molecule has 2 rings (SSSR count). The summed E-state index contributed by atoms with van der Waals surface area (Å²) in [6, 6.07) is 10.6. The van der Waals surface area contributed by atoms with Crippen LogP contribution < -0.4 is 10.1 Å². The lowest BCUT2D eigenvalue weighted by molar-refractivity contribution is -0.385. The van der Waals surface area contributed by atoms with E-state index >= 15 is 0 Å². The molecule has 0 unspecified atom stereocenters. The number of hydrogen-bond donors (Lipinski definition) is 1. The van der Waals surface area contributed by atoms with Crippen molar-refractivity contribution in [3.05, 3.63) is 63.2 Å². The van der Waals surface area contributed by atoms with Gasteiger partial charge in [-0.05, 0) is 48.7 Å². The highest BCUT2D eigenvalue weighted by atomic mass is 32.2. The van der Waals surface area contributed by atoms with Gasteiger partial charge in [-0.15, -0.1) is 11.8 Å². The van der Waals surface area contributed by atoms with Crippen molar-refractivity contribution < 1.29 is 14.5 Å². The predicted molar refractivity (Wildman–Crippen MR) is 100 cm³/mol. The summed E-state index contributed by atoms with van der Waals surface area (Å²) in [7, 11) is 1.40. The third-order valence-electron chi connectivity index (χ3n) is 3.73. The summed E-state index contributed by atoms with van der Waals surface area (Å²) in [5.41, 5.74) is 3.77. The molecule has 0 aliphatic rings. The van der Waals surface area contributed by atoms with Crippen LogP contribution in [0.25, 0.3) is 0 Å². The van der Waals surface area contributed by atoms with Crippen molar-refractivity contribution in [2.45, 2.75) is 19.6 Å². The van der Waals surface area contributed by atoms with E-state index in [1.165, 1.54) is 30.5 Å². The van der Waals surface area contributed by atoms with Crippen molar-refractivity contribution in [1.29, 1.82) is 0 Å². The van der Waals surface area contributed by atoms with Gasteiger partial charge in [-0.1, -0.05) is 12.1 Å². The summed E-state index contributed by atoms with van der Waals surface area (Å²) >= 11 is 1.40. The average molecular weight is 360 g/mol. The van der Waals surface area contributed by atoms with Crippen molar-refractivity contribution in [2.75, 3.05) is 18.2 Å². The maximum absolute atomic E-state index is 12.0. The fourth-order valence-electron chi connectivity index (χ4n) is 2.25. The zero-order valence-electron chi connectivity index (χ0n) is 14.4. The van der Waals surface area contributed by atoms with E-state index in [1.54, 1.807) is 12.1 Å². The molecule has 0 saturated carbocycles. The molecule has 0 aliphatic carbocycles. The molecule has 0 atom stereocenters. The summed E-state index contributed by atoms with van der Waals surface area (Å²) in [6.45, 7) is 4.02. The van der Waals surface area contributed by atoms with Gasteiger partial charge >= 0.3 is 5.69 Å². The van der Waals surface area contributed by atoms with Crippen molar-refractivity contribution in [2.24, 2.45) is 0 Å². The van der Waals surface area contributed by atoms with E-state index in [9.17, 15) is 14.9 Å². The van der Waals surface area contributed by atoms with Crippen LogP contribution in [0.5, 0.6) is 5.75 Å². The SMILES string of the molecule is COc1ccc(CSCC(=O)Nc2ccc(C)c(C)c2)cc1[N+](=O)[O-]. The Morgan fingerprint density at radius 3 is 2.60 bits per heavy atom. The first kappa shape index (κ1) is 18.8. The molecule has 0 aromatic heterocycles. The smallest absolute Gasteiger partial charge is 0.311 e. The number of amides is 1. The predicted octanol–water partition coefficient (Wildman–Crippen LogP) is 4.09. The number of carbonyl (C=O) groups excluding carboxylic acids is 1. The van der Waals surface area contributed by atoms with Crippen molar-refractivity contribution in [3.63, 3.8) is 0 Å². The van der Waals surface area contributed by atoms with E-state index in [-0.39, 0.29) is 23.1 Å². The van der Waals surface area contributed by atoms with Gasteiger partial charge in [0.15, 0.2) is 5.75 Å². The zero-order chi connectivity index (χ0) is 18.4. The van der Waals surface area contributed by atoms with E-state index in [1.807, 2.05) is 32.0 Å². The first-order valence-corrected chi connectivity index (χ1v) is 8.82. The topological polar surface area (TPSA) is 81.5 Å². The first-order chi connectivity index (χ1) is 11.9. The summed E-state index contributed by atoms with van der Waals surface area (Å²) in [6.07, 6.45) is 0. The molecule has 6 nitrogen and oxygen atoms in total. The molecule has 1 amide bonds. The minimum absolute atomic E-state index is 0.0693. The lowest BCUT2D eigenvalue weighted by Gasteiger charge is -2.08. The number of nitro groups is 1. The molecule has 1 N–H and O–H groups in total. The van der Waals surface area contributed by atoms with Crippen molar-refractivity contribution >= 4 is 29.0 Å². The van der Waals surface area contributed by atoms with Crippen LogP contribution in [0.15, 0.2) is 36.4 Å². The number of nitro benzene ring substituents is 1. The van der Waals surface area contributed by atoms with Gasteiger partial charge < -0.3 is 10.1 Å². The van der Waals surface area contributed by atoms with Gasteiger partial charge in [-0.3, -0.25) is 14.9 Å². The van der Waals surface area contributed by atoms with E-state index in [0.29, 0.717) is 5.75 Å². The maximum atomic E-state index is 12.0. The molecule has 7 heteroatoms. The molecule has 0 radical (unpaired) electrons. The molecule has 2 aromatic rings. The van der Waals surface area contributed by atoms with Crippen LogP contribution >= 0.6 is 11.8 Å². The number of anilines is 1. The lowest BCUT2D eigenvalue weighted by Crippen LogP contribution is -2.14. The van der Waals surface area contributed by atoms with Gasteiger partial charge in [-0.2, -0.15) is 0 Å². The molecule has 0 aliphatic heterocycles. The standard InChI is InChI=1S/C18H20N2O4S/c1-12-4-6-15(8-13(12)2)19-18(21)11-25-10-14-5-7-17(24-3)16(9-14)20(22)23/h4-9H,10-11H2,1-3H3,(H,19,21). The number of thioether (sulfide) groups is 1. The molecular weight excluding hydrogens is 340 g/mol. The van der Waals surface area contributed by atoms with E-state index < -0.39 is 4.92 Å². The quantitative estimate of drug-likeness (QED) is 0.594. The second kappa shape index (κ2) is 8.53. The molecule has 25 heavy (non-hydrogen) atoms. The Balaban J connectivity index is 1.89. The van der Waals surface area contributed by atoms with Gasteiger partial charge in [0, 0.05) is 17.5 Å². The van der Waals surface area contributed by atoms with Gasteiger partial charge in [0.1, 0.15) is 0 Å². The fourth-order valence-corrected chi connectivity index (χ4v) is 3.02. The Hall–Kier alpha value is -2.54. The van der Waals surface area contributed by atoms with E-state index in [2.05, 4.69) is 5.32 Å². The van der Waals surface area contributed by atoms with Crippen LogP contribution in [0.3, 0.4) is 0 Å². The number of methoxy groups -OCH3 is 1. The largest absolute Gasteiger partial charge is 0.490 e. The van der Waals surface area contributed by atoms with Crippen LogP contribution in [0, 0.1) is 24.0 Å². The fraction of sp³-hybridized carbons (Fsp3) is 0.278. The van der Waals surface area contributed by atoms with Crippen LogP contribution in [0.4, 0.5) is 11.4 Å². The molecule has 0 fully saturated rings. The molecule has 132 valence electrons. The molecule has 0 saturated heterocycles. The number of aryl methyl sites for hydroxylation is 2. The first-order valence-electron chi connectivity index (χ1n) is 7.67. The van der Waals surface area contributed by atoms with Gasteiger partial charge in [0.25, 0.3) is 0 Å². The summed E-state index contributed by atoms with van der Waals surface area (Å²) in [4.78, 5) is 22.6. The molecule has 0 bridgehead atoms. The Bertz CT molecular complexity index is 793. The highest BCUT2D eigenvalue weighted by Gasteiger charge is 2.15. The Morgan fingerprint density at radius 1 is 1.20 bits per heavy atom. The lowest BCUT2D eigenvalue weighted by atomic mass is 10.1. The highest BCUT2D eigenvalue weighted by Crippen LogP contribution is 2.29. The van der Waals surface area contributed by atoms with Crippen molar-refractivity contribution in [3.8, 4) is 5.75 Å². The van der Waals surface area contributed by atoms with Crippen molar-refractivity contribution in [1.82, 2.24) is 0 Å². The van der Waals surface area contributed by atoms with E-state index in [4.69, 9.17) is 4.74 Å². The summed E-state index contributed by atoms with van der Waals surface area (Å²) in [5.74, 6) is 0.903. The highest BCUT2D eigenvalue weighted by molar-refractivity contribution is 7.99. The minimum atomic E-state index is -0.473. The molecule has 2 aromatic carbocycles. The number of nitrogens with one attached hydrogen (secondary N) is 1. The normalized spacial score (nSPS) is 10.4. The Labute approximate surface area is 150 Å². The summed E-state index contributed by atoms with van der Waals surface area (Å²) < 4.78 is 4.98. The third kappa shape index (κ3) is 5.22. The van der Waals surface area contributed by atoms with Crippen LogP contribution in [0.2, 0.25) is 0 Å². The van der Waals surface area contributed by atoms with Crippen LogP contribution in [-0.2, 0) is 10.5 Å². The minimum Gasteiger partial charge on any atom is -0.490 e. The Kier molecular flexibility index (Phi) is 6.41. The van der Waals surface area contributed by atoms with E-state index in [0.717, 1.165) is 16.8 Å². The number of nitrogens with zero attached hydrogens (tertiary/aromatic N) is 1. The second-order valence-electron chi connectivity index (χ2n) is 5.60. The Morgan fingerprint density at radius 2 is 1.96 bits per heavy atom. The maximum Gasteiger partial charge on any atom is 0.311 e. The third-order valence-corrected chi connectivity index (χ3v) is 4.74. The molecule has 0 heterocycles. The van der Waals surface area contributed by atoms with Crippen LogP contribution in [-0.4, -0.2) is 23.7 Å². The van der Waals surface area contributed by atoms with Gasteiger partial charge in [-0.25, -0.2) is 0 Å². The van der Waals surface area contributed by atoms with Crippen LogP contribution in [0.1, 0.15) is 16.7 Å². The monoisotopic (exact) mass is 360 g/mol. The molecule has 0 spiro atoms. The number of benzene rings is 2. The average Bonchev–Trinajstić information content (AvgIpc) is 2.58. The molecular formula is C18H20N2O4S. The van der Waals surface area contributed by atoms with Gasteiger partial charge in [0.2, 0.25) is 5.91 Å². The number of hydrogen-bond acceptors (Lipinski definition) is 5. The number of carbonyl (C=O) groups is 1. The number of ether oxygens (including phenoxy) is 1. The number of rotatable bonds is 7.